The van der Waals surface area contributed by atoms with Gasteiger partial charge in [-0.1, -0.05) is 13.8 Å². The molecular weight excluding hydrogens is 345 g/mol. The molecule has 1 aliphatic rings. The molecule has 140 valence electrons. The lowest BCUT2D eigenvalue weighted by Crippen LogP contribution is -2.42. The molecule has 0 saturated carbocycles. The highest BCUT2D eigenvalue weighted by atomic mass is 32.2. The molecule has 25 heavy (non-hydrogen) atoms. The van der Waals surface area contributed by atoms with E-state index in [0.29, 0.717) is 44.2 Å². The van der Waals surface area contributed by atoms with E-state index in [2.05, 4.69) is 13.8 Å². The molecular formula is C18H26FNO4S. The normalized spacial score (nSPS) is 16.3. The van der Waals surface area contributed by atoms with E-state index >= 15 is 0 Å². The van der Waals surface area contributed by atoms with Crippen molar-refractivity contribution in [3.8, 4) is 5.75 Å². The van der Waals surface area contributed by atoms with Crippen molar-refractivity contribution in [2.75, 3.05) is 26.0 Å². The summed E-state index contributed by atoms with van der Waals surface area (Å²) in [6.45, 7) is 5.31. The summed E-state index contributed by atoms with van der Waals surface area (Å²) in [4.78, 5) is 14.0. The third-order valence-electron chi connectivity index (χ3n) is 4.47. The molecule has 1 amide bonds. The van der Waals surface area contributed by atoms with Crippen molar-refractivity contribution >= 4 is 15.7 Å². The Bertz CT molecular complexity index is 710. The van der Waals surface area contributed by atoms with Gasteiger partial charge in [-0.2, -0.15) is 0 Å². The van der Waals surface area contributed by atoms with Crippen molar-refractivity contribution in [2.24, 2.45) is 5.92 Å². The summed E-state index contributed by atoms with van der Waals surface area (Å²) in [5, 5.41) is -0.418. The van der Waals surface area contributed by atoms with Crippen LogP contribution in [0, 0.1) is 11.7 Å². The van der Waals surface area contributed by atoms with Gasteiger partial charge in [-0.05, 0) is 37.3 Å². The molecule has 2 rings (SSSR count). The molecule has 1 aromatic carbocycles. The molecule has 0 bridgehead atoms. The predicted molar refractivity (Wildman–Crippen MR) is 95.1 cm³/mol. The average Bonchev–Trinajstić information content (AvgIpc) is 2.53. The highest BCUT2D eigenvalue weighted by molar-refractivity contribution is 7.91. The summed E-state index contributed by atoms with van der Waals surface area (Å²) in [6, 6.07) is 4.27. The van der Waals surface area contributed by atoms with E-state index in [1.54, 1.807) is 6.07 Å². The molecule has 0 N–H and O–H groups in total. The molecule has 0 unspecified atom stereocenters. The van der Waals surface area contributed by atoms with Crippen LogP contribution >= 0.6 is 0 Å². The Hall–Kier alpha value is -1.63. The van der Waals surface area contributed by atoms with E-state index in [9.17, 15) is 17.6 Å². The van der Waals surface area contributed by atoms with E-state index < -0.39 is 26.8 Å². The molecule has 0 aliphatic carbocycles. The van der Waals surface area contributed by atoms with Crippen molar-refractivity contribution in [3.63, 3.8) is 0 Å². The number of likely N-dealkylation sites (tertiary alicyclic amines) is 1. The molecule has 0 atom stereocenters. The van der Waals surface area contributed by atoms with E-state index in [1.807, 2.05) is 0 Å². The second-order valence-electron chi connectivity index (χ2n) is 6.99. The van der Waals surface area contributed by atoms with Gasteiger partial charge in [-0.3, -0.25) is 4.79 Å². The smallest absolute Gasteiger partial charge is 0.256 e. The number of rotatable bonds is 6. The Morgan fingerprint density at radius 1 is 1.32 bits per heavy atom. The quantitative estimate of drug-likeness (QED) is 0.771. The Morgan fingerprint density at radius 3 is 2.48 bits per heavy atom. The number of halogens is 1. The van der Waals surface area contributed by atoms with Gasteiger partial charge in [-0.15, -0.1) is 0 Å². The molecule has 5 nitrogen and oxygen atoms in total. The molecule has 1 aliphatic heterocycles. The van der Waals surface area contributed by atoms with Gasteiger partial charge in [-0.25, -0.2) is 12.8 Å². The number of nitrogens with zero attached hydrogens (tertiary/aromatic N) is 1. The Kier molecular flexibility index (Phi) is 6.43. The Morgan fingerprint density at radius 2 is 1.96 bits per heavy atom. The van der Waals surface area contributed by atoms with Gasteiger partial charge in [0.1, 0.15) is 21.4 Å². The van der Waals surface area contributed by atoms with E-state index in [0.717, 1.165) is 6.42 Å². The van der Waals surface area contributed by atoms with Crippen molar-refractivity contribution < 1.29 is 22.3 Å². The van der Waals surface area contributed by atoms with Crippen LogP contribution in [-0.4, -0.2) is 50.4 Å². The lowest BCUT2D eigenvalue weighted by Gasteiger charge is -2.31. The summed E-state index contributed by atoms with van der Waals surface area (Å²) in [5.41, 5.74) is -0.00554. The fraction of sp³-hybridized carbons (Fsp3) is 0.611. The molecule has 1 saturated heterocycles. The molecule has 7 heteroatoms. The van der Waals surface area contributed by atoms with Crippen LogP contribution in [0.25, 0.3) is 0 Å². The summed E-state index contributed by atoms with van der Waals surface area (Å²) >= 11 is 0. The summed E-state index contributed by atoms with van der Waals surface area (Å²) < 4.78 is 42.9. The largest absolute Gasteiger partial charge is 0.493 e. The number of carbonyl (C=O) groups is 1. The zero-order chi connectivity index (χ0) is 18.6. The third-order valence-corrected chi connectivity index (χ3v) is 6.15. The van der Waals surface area contributed by atoms with Gasteiger partial charge < -0.3 is 9.64 Å². The Labute approximate surface area is 149 Å². The van der Waals surface area contributed by atoms with Gasteiger partial charge in [0.2, 0.25) is 0 Å². The zero-order valence-corrected chi connectivity index (χ0v) is 15.8. The van der Waals surface area contributed by atoms with Crippen LogP contribution in [-0.2, 0) is 9.84 Å². The predicted octanol–water partition coefficient (Wildman–Crippen LogP) is 2.90. The number of carbonyl (C=O) groups excluding carboxylic acids is 1. The minimum absolute atomic E-state index is 0.00554. The van der Waals surface area contributed by atoms with E-state index in [4.69, 9.17) is 4.74 Å². The molecule has 1 aromatic rings. The van der Waals surface area contributed by atoms with E-state index in [1.165, 1.54) is 23.3 Å². The average molecular weight is 371 g/mol. The highest BCUT2D eigenvalue weighted by Gasteiger charge is 2.30. The zero-order valence-electron chi connectivity index (χ0n) is 15.0. The first-order valence-corrected chi connectivity index (χ1v) is 10.5. The first-order valence-electron chi connectivity index (χ1n) is 8.59. The number of benzene rings is 1. The number of hydrogen-bond donors (Lipinski definition) is 0. The lowest BCUT2D eigenvalue weighted by atomic mass is 10.1. The minimum atomic E-state index is -3.10. The molecule has 1 heterocycles. The second-order valence-corrected chi connectivity index (χ2v) is 9.32. The monoisotopic (exact) mass is 371 g/mol. The minimum Gasteiger partial charge on any atom is -0.493 e. The van der Waals surface area contributed by atoms with E-state index in [-0.39, 0.29) is 5.56 Å². The summed E-state index contributed by atoms with van der Waals surface area (Å²) in [7, 11) is -3.10. The summed E-state index contributed by atoms with van der Waals surface area (Å²) in [5.74, 6) is -0.110. The highest BCUT2D eigenvalue weighted by Crippen LogP contribution is 2.22. The van der Waals surface area contributed by atoms with Crippen molar-refractivity contribution in [1.82, 2.24) is 4.90 Å². The number of sulfone groups is 1. The van der Waals surface area contributed by atoms with Crippen molar-refractivity contribution in [3.05, 3.63) is 29.6 Å². The summed E-state index contributed by atoms with van der Waals surface area (Å²) in [6.07, 6.45) is 2.87. The van der Waals surface area contributed by atoms with Crippen LogP contribution in [0.4, 0.5) is 4.39 Å². The topological polar surface area (TPSA) is 63.7 Å². The van der Waals surface area contributed by atoms with Gasteiger partial charge in [0.25, 0.3) is 5.91 Å². The molecule has 0 aromatic heterocycles. The van der Waals surface area contributed by atoms with Gasteiger partial charge in [0, 0.05) is 25.4 Å². The van der Waals surface area contributed by atoms with Crippen LogP contribution in [0.3, 0.4) is 0 Å². The van der Waals surface area contributed by atoms with Crippen LogP contribution in [0.1, 0.15) is 43.5 Å². The van der Waals surface area contributed by atoms with Gasteiger partial charge in [0.15, 0.2) is 0 Å². The molecule has 0 spiro atoms. The van der Waals surface area contributed by atoms with Crippen LogP contribution in [0.5, 0.6) is 5.75 Å². The number of ether oxygens (including phenoxy) is 1. The molecule has 0 radical (unpaired) electrons. The van der Waals surface area contributed by atoms with Crippen LogP contribution < -0.4 is 4.74 Å². The number of amides is 1. The maximum Gasteiger partial charge on any atom is 0.256 e. The van der Waals surface area contributed by atoms with Crippen LogP contribution in [0.2, 0.25) is 0 Å². The first-order chi connectivity index (χ1) is 11.7. The van der Waals surface area contributed by atoms with Crippen molar-refractivity contribution in [2.45, 2.75) is 38.4 Å². The fourth-order valence-corrected chi connectivity index (χ4v) is 3.90. The second kappa shape index (κ2) is 8.17. The van der Waals surface area contributed by atoms with Gasteiger partial charge >= 0.3 is 0 Å². The van der Waals surface area contributed by atoms with Crippen LogP contribution in [0.15, 0.2) is 18.2 Å². The third kappa shape index (κ3) is 5.42. The maximum atomic E-state index is 14.3. The maximum absolute atomic E-state index is 14.3. The molecule has 1 fully saturated rings. The number of piperidine rings is 1. The fourth-order valence-electron chi connectivity index (χ4n) is 2.83. The SMILES string of the molecule is CC(C)CCOc1ccc(C(=O)N2CCC(S(C)(=O)=O)CC2)c(F)c1. The first kappa shape index (κ1) is 19.7. The standard InChI is InChI=1S/C18H26FNO4S/c1-13(2)8-11-24-14-4-5-16(17(19)12-14)18(21)20-9-6-15(7-10-20)25(3,22)23/h4-5,12-13,15H,6-11H2,1-3H3. The number of hydrogen-bond acceptors (Lipinski definition) is 4. The van der Waals surface area contributed by atoms with Gasteiger partial charge in [0.05, 0.1) is 17.4 Å². The van der Waals surface area contributed by atoms with Crippen molar-refractivity contribution in [1.29, 1.82) is 0 Å². The Balaban J connectivity index is 1.98. The lowest BCUT2D eigenvalue weighted by molar-refractivity contribution is 0.0721.